The number of hydrogen-bond acceptors (Lipinski definition) is 3. The van der Waals surface area contributed by atoms with Crippen LogP contribution >= 0.6 is 0 Å². The number of halogens is 2. The van der Waals surface area contributed by atoms with E-state index in [9.17, 15) is 13.9 Å². The Hall–Kier alpha value is -1.20. The molecule has 100 valence electrons. The maximum atomic E-state index is 13.3. The predicted octanol–water partition coefficient (Wildman–Crippen LogP) is 1.83. The minimum absolute atomic E-state index is 0.0930. The molecule has 1 aromatic carbocycles. The van der Waals surface area contributed by atoms with E-state index in [1.54, 1.807) is 0 Å². The van der Waals surface area contributed by atoms with Crippen molar-refractivity contribution in [2.75, 3.05) is 31.5 Å². The van der Waals surface area contributed by atoms with Gasteiger partial charge < -0.3 is 15.3 Å². The van der Waals surface area contributed by atoms with E-state index in [0.29, 0.717) is 6.54 Å². The Morgan fingerprint density at radius 1 is 1.28 bits per heavy atom. The standard InChI is InChI=1S/C13H18F2N2O/c14-10-3-4-12(15)13(7-10)16-8-11(18)9-17-5-1-2-6-17/h3-4,7,11,16,18H,1-2,5-6,8-9H2. The van der Waals surface area contributed by atoms with Gasteiger partial charge in [0.25, 0.3) is 0 Å². The van der Waals surface area contributed by atoms with Crippen molar-refractivity contribution in [3.63, 3.8) is 0 Å². The fourth-order valence-electron chi connectivity index (χ4n) is 2.19. The number of rotatable bonds is 5. The number of nitrogens with one attached hydrogen (secondary N) is 1. The molecule has 0 saturated carbocycles. The van der Waals surface area contributed by atoms with Gasteiger partial charge >= 0.3 is 0 Å². The van der Waals surface area contributed by atoms with Crippen molar-refractivity contribution in [3.8, 4) is 0 Å². The van der Waals surface area contributed by atoms with Gasteiger partial charge in [0.1, 0.15) is 11.6 Å². The molecule has 1 atom stereocenters. The monoisotopic (exact) mass is 256 g/mol. The van der Waals surface area contributed by atoms with Gasteiger partial charge in [0, 0.05) is 13.1 Å². The molecule has 2 N–H and O–H groups in total. The van der Waals surface area contributed by atoms with E-state index in [1.165, 1.54) is 12.8 Å². The maximum Gasteiger partial charge on any atom is 0.146 e. The largest absolute Gasteiger partial charge is 0.390 e. The summed E-state index contributed by atoms with van der Waals surface area (Å²) in [5, 5.41) is 12.5. The van der Waals surface area contributed by atoms with E-state index in [-0.39, 0.29) is 12.2 Å². The highest BCUT2D eigenvalue weighted by atomic mass is 19.1. The molecule has 5 heteroatoms. The second kappa shape index (κ2) is 6.11. The molecule has 0 bridgehead atoms. The van der Waals surface area contributed by atoms with Gasteiger partial charge in [0.2, 0.25) is 0 Å². The molecule has 1 unspecified atom stereocenters. The van der Waals surface area contributed by atoms with Crippen molar-refractivity contribution in [1.29, 1.82) is 0 Å². The molecule has 0 amide bonds. The SMILES string of the molecule is OC(CNc1cc(F)ccc1F)CN1CCCC1. The van der Waals surface area contributed by atoms with Crippen LogP contribution in [0, 0.1) is 11.6 Å². The van der Waals surface area contributed by atoms with E-state index < -0.39 is 17.7 Å². The molecular weight excluding hydrogens is 238 g/mol. The molecule has 18 heavy (non-hydrogen) atoms. The number of anilines is 1. The van der Waals surface area contributed by atoms with Gasteiger partial charge in [0.15, 0.2) is 0 Å². The number of hydrogen-bond donors (Lipinski definition) is 2. The van der Waals surface area contributed by atoms with Crippen molar-refractivity contribution >= 4 is 5.69 Å². The topological polar surface area (TPSA) is 35.5 Å². The highest BCUT2D eigenvalue weighted by Gasteiger charge is 2.15. The third-order valence-electron chi connectivity index (χ3n) is 3.12. The van der Waals surface area contributed by atoms with Crippen LogP contribution in [-0.2, 0) is 0 Å². The van der Waals surface area contributed by atoms with Gasteiger partial charge in [-0.2, -0.15) is 0 Å². The summed E-state index contributed by atoms with van der Waals surface area (Å²) in [6.07, 6.45) is 1.75. The van der Waals surface area contributed by atoms with Crippen LogP contribution in [0.1, 0.15) is 12.8 Å². The number of benzene rings is 1. The lowest BCUT2D eigenvalue weighted by Crippen LogP contribution is -2.34. The average molecular weight is 256 g/mol. The minimum atomic E-state index is -0.578. The van der Waals surface area contributed by atoms with Gasteiger partial charge in [-0.1, -0.05) is 0 Å². The molecule has 1 saturated heterocycles. The summed E-state index contributed by atoms with van der Waals surface area (Å²) in [4.78, 5) is 2.17. The fourth-order valence-corrected chi connectivity index (χ4v) is 2.19. The highest BCUT2D eigenvalue weighted by molar-refractivity contribution is 5.44. The van der Waals surface area contributed by atoms with E-state index in [0.717, 1.165) is 31.3 Å². The van der Waals surface area contributed by atoms with E-state index in [2.05, 4.69) is 10.2 Å². The fraction of sp³-hybridized carbons (Fsp3) is 0.538. The van der Waals surface area contributed by atoms with E-state index in [4.69, 9.17) is 0 Å². The van der Waals surface area contributed by atoms with Crippen molar-refractivity contribution in [1.82, 2.24) is 4.90 Å². The van der Waals surface area contributed by atoms with Crippen LogP contribution in [0.25, 0.3) is 0 Å². The van der Waals surface area contributed by atoms with Crippen molar-refractivity contribution < 1.29 is 13.9 Å². The van der Waals surface area contributed by atoms with Gasteiger partial charge in [-0.3, -0.25) is 0 Å². The van der Waals surface area contributed by atoms with Crippen LogP contribution in [0.4, 0.5) is 14.5 Å². The van der Waals surface area contributed by atoms with E-state index in [1.807, 2.05) is 0 Å². The lowest BCUT2D eigenvalue weighted by molar-refractivity contribution is 0.135. The minimum Gasteiger partial charge on any atom is -0.390 e. The zero-order valence-corrected chi connectivity index (χ0v) is 10.2. The molecule has 3 nitrogen and oxygen atoms in total. The first-order valence-corrected chi connectivity index (χ1v) is 6.24. The lowest BCUT2D eigenvalue weighted by atomic mass is 10.2. The third-order valence-corrected chi connectivity index (χ3v) is 3.12. The molecule has 1 heterocycles. The number of aliphatic hydroxyl groups excluding tert-OH is 1. The summed E-state index contributed by atoms with van der Waals surface area (Å²) in [6, 6.07) is 3.24. The number of nitrogens with zero attached hydrogens (tertiary/aromatic N) is 1. The zero-order chi connectivity index (χ0) is 13.0. The number of β-amino-alcohol motifs (C(OH)–C–C–N with tert-alkyl or cyclic N) is 1. The zero-order valence-electron chi connectivity index (χ0n) is 10.2. The van der Waals surface area contributed by atoms with Gasteiger partial charge in [-0.05, 0) is 44.1 Å². The third kappa shape index (κ3) is 3.65. The van der Waals surface area contributed by atoms with E-state index >= 15 is 0 Å². The molecule has 1 aliphatic rings. The van der Waals surface area contributed by atoms with Gasteiger partial charge in [0.05, 0.1) is 11.8 Å². The molecule has 0 aliphatic carbocycles. The summed E-state index contributed by atoms with van der Waals surface area (Å²) in [6.45, 7) is 2.80. The molecule has 0 aromatic heterocycles. The summed E-state index contributed by atoms with van der Waals surface area (Å²) in [5.41, 5.74) is 0.0930. The predicted molar refractivity (Wildman–Crippen MR) is 66.5 cm³/mol. The Morgan fingerprint density at radius 3 is 2.72 bits per heavy atom. The second-order valence-electron chi connectivity index (χ2n) is 4.67. The Bertz CT molecular complexity index is 395. The molecule has 0 spiro atoms. The first-order chi connectivity index (χ1) is 8.65. The molecule has 1 aliphatic heterocycles. The van der Waals surface area contributed by atoms with Gasteiger partial charge in [-0.25, -0.2) is 8.78 Å². The summed E-state index contributed by atoms with van der Waals surface area (Å²) in [7, 11) is 0. The molecule has 0 radical (unpaired) electrons. The Labute approximate surface area is 105 Å². The first kappa shape index (κ1) is 13.2. The van der Waals surface area contributed by atoms with Crippen LogP contribution < -0.4 is 5.32 Å². The van der Waals surface area contributed by atoms with Crippen molar-refractivity contribution in [2.45, 2.75) is 18.9 Å². The Kier molecular flexibility index (Phi) is 4.49. The van der Waals surface area contributed by atoms with Crippen molar-refractivity contribution in [3.05, 3.63) is 29.8 Å². The number of likely N-dealkylation sites (tertiary alicyclic amines) is 1. The van der Waals surface area contributed by atoms with Crippen LogP contribution in [0.2, 0.25) is 0 Å². The van der Waals surface area contributed by atoms with Crippen LogP contribution in [0.15, 0.2) is 18.2 Å². The lowest BCUT2D eigenvalue weighted by Gasteiger charge is -2.20. The molecule has 1 aromatic rings. The Morgan fingerprint density at radius 2 is 2.00 bits per heavy atom. The summed E-state index contributed by atoms with van der Waals surface area (Å²) >= 11 is 0. The normalized spacial score (nSPS) is 17.9. The maximum absolute atomic E-state index is 13.3. The van der Waals surface area contributed by atoms with Crippen molar-refractivity contribution in [2.24, 2.45) is 0 Å². The smallest absolute Gasteiger partial charge is 0.146 e. The quantitative estimate of drug-likeness (QED) is 0.843. The molecule has 1 fully saturated rings. The molecule has 2 rings (SSSR count). The summed E-state index contributed by atoms with van der Waals surface area (Å²) < 4.78 is 26.2. The first-order valence-electron chi connectivity index (χ1n) is 6.24. The van der Waals surface area contributed by atoms with Crippen LogP contribution in [0.3, 0.4) is 0 Å². The molecular formula is C13H18F2N2O. The van der Waals surface area contributed by atoms with Gasteiger partial charge in [-0.15, -0.1) is 0 Å². The average Bonchev–Trinajstić information content (AvgIpc) is 2.83. The second-order valence-corrected chi connectivity index (χ2v) is 4.67. The number of aliphatic hydroxyl groups is 1. The summed E-state index contributed by atoms with van der Waals surface area (Å²) in [5.74, 6) is -1.00. The highest BCUT2D eigenvalue weighted by Crippen LogP contribution is 2.15. The van der Waals surface area contributed by atoms with Crippen LogP contribution in [0.5, 0.6) is 0 Å². The Balaban J connectivity index is 1.81. The van der Waals surface area contributed by atoms with Crippen LogP contribution in [-0.4, -0.2) is 42.3 Å².